The maximum atomic E-state index is 5.35. The number of nitrogens with zero attached hydrogens (tertiary/aromatic N) is 5. The number of fused-ring (bicyclic) bond motifs is 10. The molecule has 0 saturated carbocycles. The Bertz CT molecular complexity index is 4620. The average molecular weight is 942 g/mol. The van der Waals surface area contributed by atoms with Crippen LogP contribution in [0.2, 0.25) is 0 Å². The Morgan fingerprint density at radius 3 is 1.43 bits per heavy atom. The van der Waals surface area contributed by atoms with Gasteiger partial charge in [-0.15, -0.1) is 0 Å². The first-order chi connectivity index (χ1) is 36.7. The molecule has 0 aliphatic heterocycles. The molecular formula is C69H43N5. The van der Waals surface area contributed by atoms with E-state index in [0.717, 1.165) is 72.1 Å². The Hall–Kier alpha value is -9.97. The van der Waals surface area contributed by atoms with Gasteiger partial charge in [0.2, 0.25) is 0 Å². The Balaban J connectivity index is 0.945. The van der Waals surface area contributed by atoms with Crippen LogP contribution in [0.5, 0.6) is 0 Å². The van der Waals surface area contributed by atoms with E-state index in [1.165, 1.54) is 54.1 Å². The fourth-order valence-corrected chi connectivity index (χ4v) is 11.5. The van der Waals surface area contributed by atoms with Crippen LogP contribution in [-0.2, 0) is 0 Å². The largest absolute Gasteiger partial charge is 0.309 e. The van der Waals surface area contributed by atoms with Crippen LogP contribution in [0.3, 0.4) is 0 Å². The number of rotatable bonds is 7. The van der Waals surface area contributed by atoms with Crippen LogP contribution in [0.4, 0.5) is 0 Å². The van der Waals surface area contributed by atoms with Crippen molar-refractivity contribution in [2.24, 2.45) is 0 Å². The first-order valence-electron chi connectivity index (χ1n) is 25.2. The Morgan fingerprint density at radius 2 is 0.730 bits per heavy atom. The van der Waals surface area contributed by atoms with Gasteiger partial charge in [-0.2, -0.15) is 0 Å². The third kappa shape index (κ3) is 6.68. The van der Waals surface area contributed by atoms with Crippen molar-refractivity contribution in [3.05, 3.63) is 261 Å². The van der Waals surface area contributed by atoms with Gasteiger partial charge in [0, 0.05) is 49.0 Å². The first kappa shape index (κ1) is 41.8. The molecule has 5 heteroatoms. The summed E-state index contributed by atoms with van der Waals surface area (Å²) in [6, 6.07) is 93.6. The molecule has 12 aromatic carbocycles. The van der Waals surface area contributed by atoms with Crippen molar-refractivity contribution in [2.75, 3.05) is 0 Å². The number of hydrogen-bond acceptors (Lipinski definition) is 3. The van der Waals surface area contributed by atoms with Crippen molar-refractivity contribution in [1.82, 2.24) is 24.1 Å². The summed E-state index contributed by atoms with van der Waals surface area (Å²) in [7, 11) is 0. The lowest BCUT2D eigenvalue weighted by Crippen LogP contribution is -2.02. The van der Waals surface area contributed by atoms with E-state index in [2.05, 4.69) is 258 Å². The molecule has 0 unspecified atom stereocenters. The number of hydrogen-bond donors (Lipinski definition) is 0. The van der Waals surface area contributed by atoms with Crippen LogP contribution in [0.1, 0.15) is 0 Å². The topological polar surface area (TPSA) is 48.5 Å². The van der Waals surface area contributed by atoms with E-state index in [1.54, 1.807) is 0 Å². The summed E-state index contributed by atoms with van der Waals surface area (Å²) in [6.07, 6.45) is 0. The molecule has 0 spiro atoms. The van der Waals surface area contributed by atoms with Crippen LogP contribution in [0.25, 0.3) is 144 Å². The molecule has 0 aliphatic carbocycles. The summed E-state index contributed by atoms with van der Waals surface area (Å²) in [5.41, 5.74) is 14.1. The standard InChI is InChI=1S/C69H43N5/c1-3-18-44(19-4-1)47-23-15-26-50(40-47)67-70-68(51-27-16-24-48(41-51)45-20-5-2-6-21-45)72-69(71-67)56-37-39-63(54-30-10-9-29-53(54)56)74-60-33-13-11-31-55(60)59-42-49-25-17-35-62(58(49)43-65(59)74)73-61-34-14-12-32-57(61)66-52-28-8-7-22-46(52)36-38-64(66)73/h1-43H. The normalized spacial score (nSPS) is 11.8. The van der Waals surface area contributed by atoms with Gasteiger partial charge in [-0.25, -0.2) is 15.0 Å². The SMILES string of the molecule is c1ccc(-c2cccc(-c3nc(-c4cccc(-c5ccccc5)c4)nc(-c4ccc(-n5c6ccccc6c6cc7cccc(-n8c9ccccc9c9c%10ccccc%10ccc98)c7cc65)c5ccccc45)n3)c2)cc1. The first-order valence-corrected chi connectivity index (χ1v) is 25.2. The molecule has 15 aromatic rings. The van der Waals surface area contributed by atoms with Crippen LogP contribution in [-0.4, -0.2) is 24.1 Å². The predicted molar refractivity (Wildman–Crippen MR) is 308 cm³/mol. The Labute approximate surface area is 426 Å². The molecule has 5 nitrogen and oxygen atoms in total. The highest BCUT2D eigenvalue weighted by Crippen LogP contribution is 2.43. The van der Waals surface area contributed by atoms with E-state index in [1.807, 2.05) is 12.1 Å². The van der Waals surface area contributed by atoms with E-state index in [-0.39, 0.29) is 0 Å². The second-order valence-corrected chi connectivity index (χ2v) is 19.1. The van der Waals surface area contributed by atoms with Gasteiger partial charge in [-0.1, -0.05) is 200 Å². The van der Waals surface area contributed by atoms with Gasteiger partial charge in [0.15, 0.2) is 17.5 Å². The van der Waals surface area contributed by atoms with E-state index >= 15 is 0 Å². The maximum absolute atomic E-state index is 5.35. The summed E-state index contributed by atoms with van der Waals surface area (Å²) in [5.74, 6) is 1.84. The molecule has 0 fully saturated rings. The fraction of sp³-hybridized carbons (Fsp3) is 0. The van der Waals surface area contributed by atoms with E-state index in [4.69, 9.17) is 15.0 Å². The summed E-state index contributed by atoms with van der Waals surface area (Å²) >= 11 is 0. The van der Waals surface area contributed by atoms with Crippen LogP contribution in [0.15, 0.2) is 261 Å². The average Bonchev–Trinajstić information content (AvgIpc) is 4.01. The molecule has 0 bridgehead atoms. The van der Waals surface area contributed by atoms with Crippen molar-refractivity contribution in [3.8, 4) is 67.8 Å². The highest BCUT2D eigenvalue weighted by atomic mass is 15.0. The summed E-state index contributed by atoms with van der Waals surface area (Å²) < 4.78 is 4.93. The number of benzene rings is 12. The second kappa shape index (κ2) is 16.8. The van der Waals surface area contributed by atoms with E-state index in [0.29, 0.717) is 17.5 Å². The van der Waals surface area contributed by atoms with Crippen molar-refractivity contribution in [3.63, 3.8) is 0 Å². The maximum Gasteiger partial charge on any atom is 0.164 e. The molecule has 0 saturated heterocycles. The summed E-state index contributed by atoms with van der Waals surface area (Å²) in [6.45, 7) is 0. The van der Waals surface area contributed by atoms with E-state index in [9.17, 15) is 0 Å². The Kier molecular flexibility index (Phi) is 9.50. The molecule has 3 aromatic heterocycles. The van der Waals surface area contributed by atoms with Crippen molar-refractivity contribution in [2.45, 2.75) is 0 Å². The molecule has 0 N–H and O–H groups in total. The highest BCUT2D eigenvalue weighted by molar-refractivity contribution is 6.22. The highest BCUT2D eigenvalue weighted by Gasteiger charge is 2.22. The number of aromatic nitrogens is 5. The van der Waals surface area contributed by atoms with Gasteiger partial charge in [0.1, 0.15) is 0 Å². The quantitative estimate of drug-likeness (QED) is 0.160. The van der Waals surface area contributed by atoms with Gasteiger partial charge >= 0.3 is 0 Å². The van der Waals surface area contributed by atoms with Gasteiger partial charge in [-0.05, 0) is 104 Å². The smallest absolute Gasteiger partial charge is 0.164 e. The monoisotopic (exact) mass is 941 g/mol. The van der Waals surface area contributed by atoms with Crippen LogP contribution < -0.4 is 0 Å². The predicted octanol–water partition coefficient (Wildman–Crippen LogP) is 17.9. The third-order valence-electron chi connectivity index (χ3n) is 14.9. The zero-order chi connectivity index (χ0) is 48.7. The lowest BCUT2D eigenvalue weighted by Gasteiger charge is -2.16. The molecule has 0 aliphatic rings. The molecule has 0 atom stereocenters. The van der Waals surface area contributed by atoms with Crippen molar-refractivity contribution in [1.29, 1.82) is 0 Å². The van der Waals surface area contributed by atoms with Gasteiger partial charge in [0.25, 0.3) is 0 Å². The zero-order valence-corrected chi connectivity index (χ0v) is 40.1. The molecule has 3 heterocycles. The van der Waals surface area contributed by atoms with Crippen molar-refractivity contribution >= 4 is 75.9 Å². The lowest BCUT2D eigenvalue weighted by atomic mass is 10.0. The fourth-order valence-electron chi connectivity index (χ4n) is 11.5. The lowest BCUT2D eigenvalue weighted by molar-refractivity contribution is 1.08. The Morgan fingerprint density at radius 1 is 0.230 bits per heavy atom. The van der Waals surface area contributed by atoms with Gasteiger partial charge in [-0.3, -0.25) is 0 Å². The van der Waals surface area contributed by atoms with Crippen LogP contribution >= 0.6 is 0 Å². The minimum atomic E-state index is 0.611. The third-order valence-corrected chi connectivity index (χ3v) is 14.9. The minimum Gasteiger partial charge on any atom is -0.309 e. The molecule has 0 amide bonds. The molecule has 344 valence electrons. The van der Waals surface area contributed by atoms with Gasteiger partial charge in [0.05, 0.1) is 33.4 Å². The van der Waals surface area contributed by atoms with Crippen LogP contribution in [0, 0.1) is 0 Å². The summed E-state index contributed by atoms with van der Waals surface area (Å²) in [5, 5.41) is 11.9. The summed E-state index contributed by atoms with van der Waals surface area (Å²) in [4.78, 5) is 16.0. The minimum absolute atomic E-state index is 0.611. The molecule has 0 radical (unpaired) electrons. The molecular weight excluding hydrogens is 899 g/mol. The molecule has 15 rings (SSSR count). The van der Waals surface area contributed by atoms with Crippen molar-refractivity contribution < 1.29 is 0 Å². The van der Waals surface area contributed by atoms with Gasteiger partial charge < -0.3 is 9.13 Å². The molecule has 74 heavy (non-hydrogen) atoms. The zero-order valence-electron chi connectivity index (χ0n) is 40.1. The van der Waals surface area contributed by atoms with E-state index < -0.39 is 0 Å². The number of para-hydroxylation sites is 2. The second-order valence-electron chi connectivity index (χ2n) is 19.1.